The van der Waals surface area contributed by atoms with Gasteiger partial charge in [-0.15, -0.1) is 0 Å². The summed E-state index contributed by atoms with van der Waals surface area (Å²) in [6.45, 7) is 4.61. The van der Waals surface area contributed by atoms with E-state index in [2.05, 4.69) is 13.8 Å². The van der Waals surface area contributed by atoms with Gasteiger partial charge >= 0.3 is 179 Å². The maximum atomic E-state index is 2.31. The fourth-order valence-corrected chi connectivity index (χ4v) is 10.4. The molecule has 0 aromatic heterocycles. The topological polar surface area (TPSA) is 0 Å². The summed E-state index contributed by atoms with van der Waals surface area (Å²) in [4.78, 5) is 0. The van der Waals surface area contributed by atoms with E-state index in [1.165, 1.54) is 128 Å². The van der Waals surface area contributed by atoms with Crippen LogP contribution in [-0.4, -0.2) is 26.3 Å². The first kappa shape index (κ1) is 27.0. The standard InChI is InChI=1S/C24H50Se2/c1-3-5-7-9-11-13-15-17-19-21-23-25-26-24-22-20-18-16-14-12-10-8-6-4-2/h3-24H2,1-2H3. The third-order valence-electron chi connectivity index (χ3n) is 5.25. The first-order valence-corrected chi connectivity index (χ1v) is 18.9. The van der Waals surface area contributed by atoms with Crippen LogP contribution in [0.15, 0.2) is 0 Å². The normalized spacial score (nSPS) is 11.3. The Morgan fingerprint density at radius 2 is 0.538 bits per heavy atom. The van der Waals surface area contributed by atoms with Crippen molar-refractivity contribution >= 4 is 26.3 Å². The Hall–Kier alpha value is 1.04. The third-order valence-corrected chi connectivity index (χ3v) is 13.0. The van der Waals surface area contributed by atoms with E-state index in [1.807, 2.05) is 0 Å². The van der Waals surface area contributed by atoms with Crippen molar-refractivity contribution in [2.45, 2.75) is 153 Å². The van der Waals surface area contributed by atoms with Gasteiger partial charge < -0.3 is 0 Å². The zero-order chi connectivity index (χ0) is 19.0. The van der Waals surface area contributed by atoms with Gasteiger partial charge in [0.05, 0.1) is 0 Å². The molecule has 0 aliphatic rings. The van der Waals surface area contributed by atoms with Crippen molar-refractivity contribution in [3.63, 3.8) is 0 Å². The van der Waals surface area contributed by atoms with E-state index in [0.29, 0.717) is 0 Å². The minimum atomic E-state index is 1.02. The predicted octanol–water partition coefficient (Wildman–Crippen LogP) is 8.99. The van der Waals surface area contributed by atoms with Crippen molar-refractivity contribution < 1.29 is 0 Å². The Balaban J connectivity index is 2.95. The molecule has 0 rings (SSSR count). The predicted molar refractivity (Wildman–Crippen MR) is 125 cm³/mol. The van der Waals surface area contributed by atoms with Crippen LogP contribution < -0.4 is 0 Å². The Morgan fingerprint density at radius 3 is 0.808 bits per heavy atom. The van der Waals surface area contributed by atoms with Crippen LogP contribution >= 0.6 is 0 Å². The van der Waals surface area contributed by atoms with Gasteiger partial charge in [-0.2, -0.15) is 0 Å². The van der Waals surface area contributed by atoms with E-state index in [-0.39, 0.29) is 0 Å². The first-order chi connectivity index (χ1) is 12.9. The van der Waals surface area contributed by atoms with Crippen LogP contribution in [0.3, 0.4) is 0 Å². The van der Waals surface area contributed by atoms with Gasteiger partial charge in [0.2, 0.25) is 0 Å². The Bertz CT molecular complexity index is 206. The third kappa shape index (κ3) is 25.0. The van der Waals surface area contributed by atoms with Crippen LogP contribution in [0.25, 0.3) is 0 Å². The van der Waals surface area contributed by atoms with E-state index in [9.17, 15) is 0 Å². The quantitative estimate of drug-likeness (QED) is 0.0978. The SMILES string of the molecule is CCCCCCCCCCCC[Se][Se]CCCCCCCCCCCC. The zero-order valence-electron chi connectivity index (χ0n) is 18.4. The Kier molecular flexibility index (Phi) is 27.1. The minimum absolute atomic E-state index is 1.02. The van der Waals surface area contributed by atoms with Gasteiger partial charge in [0.15, 0.2) is 0 Å². The van der Waals surface area contributed by atoms with Crippen LogP contribution in [0.5, 0.6) is 0 Å². The monoisotopic (exact) mass is 498 g/mol. The molecule has 0 radical (unpaired) electrons. The molecule has 0 spiro atoms. The molecule has 0 saturated carbocycles. The second-order valence-electron chi connectivity index (χ2n) is 8.01. The molecule has 0 aliphatic heterocycles. The summed E-state index contributed by atoms with van der Waals surface area (Å²) in [5.41, 5.74) is 0. The number of hydrogen-bond donors (Lipinski definition) is 0. The van der Waals surface area contributed by atoms with Gasteiger partial charge in [-0.25, -0.2) is 0 Å². The van der Waals surface area contributed by atoms with Crippen molar-refractivity contribution in [1.29, 1.82) is 0 Å². The van der Waals surface area contributed by atoms with Crippen molar-refractivity contribution in [3.05, 3.63) is 0 Å². The van der Waals surface area contributed by atoms with E-state index < -0.39 is 0 Å². The van der Waals surface area contributed by atoms with Gasteiger partial charge in [0, 0.05) is 0 Å². The molecule has 158 valence electrons. The first-order valence-electron chi connectivity index (χ1n) is 12.2. The summed E-state index contributed by atoms with van der Waals surface area (Å²) >= 11 is 2.04. The molecule has 0 saturated heterocycles. The second-order valence-corrected chi connectivity index (χ2v) is 15.8. The number of rotatable bonds is 23. The molecular formula is C24H50Se2. The summed E-state index contributed by atoms with van der Waals surface area (Å²) < 4.78 is 0. The molecular weight excluding hydrogens is 446 g/mol. The molecule has 0 nitrogen and oxygen atoms in total. The van der Waals surface area contributed by atoms with Gasteiger partial charge in [0.25, 0.3) is 0 Å². The summed E-state index contributed by atoms with van der Waals surface area (Å²) in [5, 5.41) is 3.17. The van der Waals surface area contributed by atoms with Crippen LogP contribution in [0, 0.1) is 0 Å². The number of hydrogen-bond acceptors (Lipinski definition) is 0. The molecule has 0 fully saturated rings. The van der Waals surface area contributed by atoms with Gasteiger partial charge in [-0.3, -0.25) is 0 Å². The average molecular weight is 497 g/mol. The average Bonchev–Trinajstić information content (AvgIpc) is 2.66. The zero-order valence-corrected chi connectivity index (χ0v) is 21.8. The van der Waals surface area contributed by atoms with E-state index >= 15 is 0 Å². The molecule has 0 unspecified atom stereocenters. The molecule has 26 heavy (non-hydrogen) atoms. The summed E-state index contributed by atoms with van der Waals surface area (Å²) in [6.07, 6.45) is 29.7. The second kappa shape index (κ2) is 26.0. The Labute approximate surface area is 178 Å². The maximum absolute atomic E-state index is 2.31. The van der Waals surface area contributed by atoms with E-state index in [4.69, 9.17) is 0 Å². The summed E-state index contributed by atoms with van der Waals surface area (Å²) in [6, 6.07) is 0. The molecule has 2 heteroatoms. The fraction of sp³-hybridized carbons (Fsp3) is 1.00. The van der Waals surface area contributed by atoms with Crippen LogP contribution in [0.2, 0.25) is 10.6 Å². The Morgan fingerprint density at radius 1 is 0.308 bits per heavy atom. The molecule has 0 bridgehead atoms. The van der Waals surface area contributed by atoms with Crippen molar-refractivity contribution in [3.8, 4) is 0 Å². The molecule has 0 aliphatic carbocycles. The summed E-state index contributed by atoms with van der Waals surface area (Å²) in [5.74, 6) is 0. The van der Waals surface area contributed by atoms with Gasteiger partial charge in [-0.1, -0.05) is 0 Å². The number of unbranched alkanes of at least 4 members (excludes halogenated alkanes) is 18. The van der Waals surface area contributed by atoms with Gasteiger partial charge in [-0.05, 0) is 0 Å². The molecule has 0 atom stereocenters. The van der Waals surface area contributed by atoms with E-state index in [1.54, 1.807) is 10.6 Å². The summed E-state index contributed by atoms with van der Waals surface area (Å²) in [7, 11) is 0. The molecule has 0 N–H and O–H groups in total. The van der Waals surface area contributed by atoms with Crippen molar-refractivity contribution in [2.75, 3.05) is 0 Å². The van der Waals surface area contributed by atoms with Crippen LogP contribution in [-0.2, 0) is 0 Å². The van der Waals surface area contributed by atoms with Crippen LogP contribution in [0.1, 0.15) is 142 Å². The molecule has 0 aromatic carbocycles. The van der Waals surface area contributed by atoms with Crippen molar-refractivity contribution in [1.82, 2.24) is 0 Å². The molecule has 0 heterocycles. The fourth-order valence-electron chi connectivity index (χ4n) is 3.41. The van der Waals surface area contributed by atoms with Gasteiger partial charge in [0.1, 0.15) is 0 Å². The van der Waals surface area contributed by atoms with E-state index in [0.717, 1.165) is 26.3 Å². The molecule has 0 aromatic rings. The molecule has 0 amide bonds. The van der Waals surface area contributed by atoms with Crippen LogP contribution in [0.4, 0.5) is 0 Å². The van der Waals surface area contributed by atoms with Crippen molar-refractivity contribution in [2.24, 2.45) is 0 Å².